The number of carboxylic acids is 1. The van der Waals surface area contributed by atoms with Gasteiger partial charge in [0.2, 0.25) is 0 Å². The molecule has 0 fully saturated rings. The summed E-state index contributed by atoms with van der Waals surface area (Å²) in [5, 5.41) is 7.40. The summed E-state index contributed by atoms with van der Waals surface area (Å²) in [5.41, 5.74) is -2.46. The van der Waals surface area contributed by atoms with Gasteiger partial charge >= 0.3 is 12.3 Å². The van der Waals surface area contributed by atoms with Crippen LogP contribution in [0.5, 0.6) is 5.75 Å². The Balaban J connectivity index is 3.35. The molecule has 0 saturated heterocycles. The average molecular weight is 292 g/mol. The van der Waals surface area contributed by atoms with Crippen LogP contribution in [-0.4, -0.2) is 22.4 Å². The molecule has 1 aromatic heterocycles. The topological polar surface area (TPSA) is 59.4 Å². The molecule has 0 bridgehead atoms. The van der Waals surface area contributed by atoms with Crippen molar-refractivity contribution in [3.05, 3.63) is 22.5 Å². The monoisotopic (exact) mass is 291 g/mol. The maximum Gasteiger partial charge on any atom is 0.573 e. The molecule has 0 aliphatic rings. The first-order valence-electron chi connectivity index (χ1n) is 4.09. The van der Waals surface area contributed by atoms with Crippen LogP contribution < -0.4 is 4.74 Å². The number of alkyl halides is 5. The van der Waals surface area contributed by atoms with Gasteiger partial charge in [0.15, 0.2) is 11.4 Å². The highest BCUT2D eigenvalue weighted by atomic mass is 35.5. The van der Waals surface area contributed by atoms with E-state index >= 15 is 0 Å². The molecular formula is C8H3ClF5NO3. The van der Waals surface area contributed by atoms with Gasteiger partial charge in [0.1, 0.15) is 0 Å². The summed E-state index contributed by atoms with van der Waals surface area (Å²) >= 11 is 5.25. The molecule has 0 spiro atoms. The largest absolute Gasteiger partial charge is 0.573 e. The molecule has 1 aromatic rings. The molecule has 0 saturated carbocycles. The number of pyridine rings is 1. The van der Waals surface area contributed by atoms with Crippen LogP contribution in [0.1, 0.15) is 22.5 Å². The Kier molecular flexibility index (Phi) is 3.95. The maximum absolute atomic E-state index is 12.5. The average Bonchev–Trinajstić information content (AvgIpc) is 2.17. The molecule has 0 aromatic carbocycles. The highest BCUT2D eigenvalue weighted by Gasteiger charge is 2.34. The van der Waals surface area contributed by atoms with Gasteiger partial charge in [0, 0.05) is 0 Å². The van der Waals surface area contributed by atoms with Crippen LogP contribution in [0.3, 0.4) is 0 Å². The van der Waals surface area contributed by atoms with Crippen molar-refractivity contribution in [3.8, 4) is 5.75 Å². The summed E-state index contributed by atoms with van der Waals surface area (Å²) in [5.74, 6) is -3.03. The van der Waals surface area contributed by atoms with Crippen LogP contribution in [0.2, 0.25) is 5.02 Å². The Bertz CT molecular complexity index is 477. The molecule has 0 amide bonds. The minimum atomic E-state index is -5.16. The van der Waals surface area contributed by atoms with E-state index in [9.17, 15) is 26.7 Å². The number of hydrogen-bond donors (Lipinski definition) is 1. The third-order valence-electron chi connectivity index (χ3n) is 1.67. The first kappa shape index (κ1) is 14.4. The molecule has 10 heteroatoms. The van der Waals surface area contributed by atoms with Crippen LogP contribution in [0, 0.1) is 0 Å². The molecule has 0 radical (unpaired) electrons. The Morgan fingerprint density at radius 1 is 1.44 bits per heavy atom. The molecular weight excluding hydrogens is 289 g/mol. The Morgan fingerprint density at radius 2 is 2.00 bits per heavy atom. The fraction of sp³-hybridized carbons (Fsp3) is 0.250. The number of rotatable bonds is 3. The zero-order valence-corrected chi connectivity index (χ0v) is 8.89. The van der Waals surface area contributed by atoms with E-state index in [0.717, 1.165) is 0 Å². The van der Waals surface area contributed by atoms with E-state index < -0.39 is 40.8 Å². The number of halogens is 6. The van der Waals surface area contributed by atoms with E-state index in [1.54, 1.807) is 0 Å². The SMILES string of the molecule is O=C(O)c1ncc(OC(F)(F)F)c(Cl)c1C(F)F. The number of ether oxygens (including phenoxy) is 1. The zero-order chi connectivity index (χ0) is 14.1. The van der Waals surface area contributed by atoms with Gasteiger partial charge in [-0.05, 0) is 0 Å². The highest BCUT2D eigenvalue weighted by Crippen LogP contribution is 2.37. The quantitative estimate of drug-likeness (QED) is 0.868. The lowest BCUT2D eigenvalue weighted by Gasteiger charge is -2.13. The molecule has 100 valence electrons. The van der Waals surface area contributed by atoms with Gasteiger partial charge in [-0.3, -0.25) is 0 Å². The molecule has 0 aliphatic heterocycles. The smallest absolute Gasteiger partial charge is 0.476 e. The van der Waals surface area contributed by atoms with E-state index in [-0.39, 0.29) is 0 Å². The van der Waals surface area contributed by atoms with Crippen LogP contribution in [-0.2, 0) is 0 Å². The summed E-state index contributed by atoms with van der Waals surface area (Å²) in [6, 6.07) is 0. The van der Waals surface area contributed by atoms with Crippen LogP contribution in [0.25, 0.3) is 0 Å². The van der Waals surface area contributed by atoms with Gasteiger partial charge in [-0.1, -0.05) is 11.6 Å². The van der Waals surface area contributed by atoms with E-state index in [1.807, 2.05) is 0 Å². The molecule has 1 rings (SSSR count). The van der Waals surface area contributed by atoms with E-state index in [1.165, 1.54) is 0 Å². The first-order chi connectivity index (χ1) is 8.13. The predicted octanol–water partition coefficient (Wildman–Crippen LogP) is 3.27. The van der Waals surface area contributed by atoms with Crippen LogP contribution in [0.4, 0.5) is 22.0 Å². The third-order valence-corrected chi connectivity index (χ3v) is 2.06. The molecule has 4 nitrogen and oxygen atoms in total. The van der Waals surface area contributed by atoms with Gasteiger partial charge in [0.05, 0.1) is 16.8 Å². The fourth-order valence-corrected chi connectivity index (χ4v) is 1.31. The molecule has 0 aliphatic carbocycles. The van der Waals surface area contributed by atoms with E-state index in [4.69, 9.17) is 16.7 Å². The predicted molar refractivity (Wildman–Crippen MR) is 47.8 cm³/mol. The van der Waals surface area contributed by atoms with E-state index in [0.29, 0.717) is 6.20 Å². The second-order valence-electron chi connectivity index (χ2n) is 2.85. The summed E-state index contributed by atoms with van der Waals surface area (Å²) in [6.45, 7) is 0. The Hall–Kier alpha value is -1.64. The fourth-order valence-electron chi connectivity index (χ4n) is 1.05. The maximum atomic E-state index is 12.5. The van der Waals surface area contributed by atoms with Gasteiger partial charge in [-0.25, -0.2) is 18.6 Å². The van der Waals surface area contributed by atoms with Crippen LogP contribution >= 0.6 is 11.6 Å². The highest BCUT2D eigenvalue weighted by molar-refractivity contribution is 6.33. The lowest BCUT2D eigenvalue weighted by atomic mass is 10.2. The Morgan fingerprint density at radius 3 is 2.39 bits per heavy atom. The molecule has 0 atom stereocenters. The van der Waals surface area contributed by atoms with Crippen molar-refractivity contribution < 1.29 is 36.6 Å². The molecule has 18 heavy (non-hydrogen) atoms. The summed E-state index contributed by atoms with van der Waals surface area (Å²) in [6.07, 6.45) is -8.26. The third kappa shape index (κ3) is 3.19. The molecule has 1 heterocycles. The van der Waals surface area contributed by atoms with Crippen LogP contribution in [0.15, 0.2) is 6.20 Å². The van der Waals surface area contributed by atoms with E-state index in [2.05, 4.69) is 9.72 Å². The zero-order valence-electron chi connectivity index (χ0n) is 8.13. The van der Waals surface area contributed by atoms with Crippen molar-refractivity contribution in [1.82, 2.24) is 4.98 Å². The van der Waals surface area contributed by atoms with Crippen molar-refractivity contribution in [2.75, 3.05) is 0 Å². The van der Waals surface area contributed by atoms with Crippen molar-refractivity contribution in [1.29, 1.82) is 0 Å². The lowest BCUT2D eigenvalue weighted by Crippen LogP contribution is -2.18. The normalized spacial score (nSPS) is 11.7. The second-order valence-corrected chi connectivity index (χ2v) is 3.23. The number of aromatic carboxylic acids is 1. The van der Waals surface area contributed by atoms with Gasteiger partial charge in [-0.2, -0.15) is 0 Å². The number of hydrogen-bond acceptors (Lipinski definition) is 3. The molecule has 0 unspecified atom stereocenters. The summed E-state index contributed by atoms with van der Waals surface area (Å²) in [4.78, 5) is 13.5. The Labute approximate surface area is 101 Å². The number of aromatic nitrogens is 1. The number of nitrogens with zero attached hydrogens (tertiary/aromatic N) is 1. The second kappa shape index (κ2) is 4.92. The first-order valence-corrected chi connectivity index (χ1v) is 4.47. The number of carboxylic acid groups (broad SMARTS) is 1. The summed E-state index contributed by atoms with van der Waals surface area (Å²) in [7, 11) is 0. The van der Waals surface area contributed by atoms with Gasteiger partial charge in [0.25, 0.3) is 6.43 Å². The van der Waals surface area contributed by atoms with Crippen molar-refractivity contribution in [2.24, 2.45) is 0 Å². The standard InChI is InChI=1S/C8H3ClF5NO3/c9-4-2(18-8(12,13)14)1-15-5(7(16)17)3(4)6(10)11/h1,6H,(H,16,17). The lowest BCUT2D eigenvalue weighted by molar-refractivity contribution is -0.274. The van der Waals surface area contributed by atoms with Gasteiger partial charge in [-0.15, -0.1) is 13.2 Å². The number of carbonyl (C=O) groups is 1. The minimum Gasteiger partial charge on any atom is -0.476 e. The van der Waals surface area contributed by atoms with Crippen molar-refractivity contribution in [2.45, 2.75) is 12.8 Å². The summed E-state index contributed by atoms with van der Waals surface area (Å²) < 4.78 is 64.1. The van der Waals surface area contributed by atoms with Crippen molar-refractivity contribution >= 4 is 17.6 Å². The minimum absolute atomic E-state index is 0.311. The van der Waals surface area contributed by atoms with Crippen molar-refractivity contribution in [3.63, 3.8) is 0 Å². The molecule has 1 N–H and O–H groups in total. The van der Waals surface area contributed by atoms with Gasteiger partial charge < -0.3 is 9.84 Å².